The van der Waals surface area contributed by atoms with Crippen LogP contribution in [0.1, 0.15) is 59.3 Å². The molecule has 0 aromatic heterocycles. The van der Waals surface area contributed by atoms with Crippen LogP contribution in [0, 0.1) is 22.2 Å². The molecule has 0 saturated heterocycles. The normalized spacial score (nSPS) is 51.9. The van der Waals surface area contributed by atoms with Crippen LogP contribution >= 0.6 is 0 Å². The molecule has 3 rings (SSSR count). The van der Waals surface area contributed by atoms with Crippen molar-refractivity contribution in [3.63, 3.8) is 0 Å². The highest BCUT2D eigenvalue weighted by molar-refractivity contribution is 5.91. The van der Waals surface area contributed by atoms with E-state index in [1.807, 2.05) is 0 Å². The summed E-state index contributed by atoms with van der Waals surface area (Å²) >= 11 is 0. The number of hydrogen-bond donors (Lipinski definition) is 0. The average Bonchev–Trinajstić information content (AvgIpc) is 2.60. The topological polar surface area (TPSA) is 17.1 Å². The number of fused-ring (bicyclic) bond motifs is 1. The van der Waals surface area contributed by atoms with Crippen molar-refractivity contribution in [2.45, 2.75) is 59.3 Å². The Balaban J connectivity index is 2.10. The molecule has 1 heteroatoms. The predicted octanol–water partition coefficient (Wildman–Crippen LogP) is 3.57. The maximum absolute atomic E-state index is 12.4. The van der Waals surface area contributed by atoms with Crippen molar-refractivity contribution < 1.29 is 4.79 Å². The van der Waals surface area contributed by atoms with Gasteiger partial charge in [-0.25, -0.2) is 0 Å². The number of carbonyl (C=O) groups excluding carboxylic acids is 1. The fourth-order valence-corrected chi connectivity index (χ4v) is 5.01. The van der Waals surface area contributed by atoms with E-state index in [1.165, 1.54) is 32.1 Å². The largest absolute Gasteiger partial charge is 0.299 e. The molecular formula is C14H22O. The third kappa shape index (κ3) is 0.933. The highest BCUT2D eigenvalue weighted by Gasteiger charge is 2.68. The summed E-state index contributed by atoms with van der Waals surface area (Å²) in [7, 11) is 0. The van der Waals surface area contributed by atoms with Gasteiger partial charge in [0.2, 0.25) is 0 Å². The quantitative estimate of drug-likeness (QED) is 0.592. The van der Waals surface area contributed by atoms with Crippen molar-refractivity contribution in [3.05, 3.63) is 0 Å². The number of carbonyl (C=O) groups is 1. The third-order valence-corrected chi connectivity index (χ3v) is 6.05. The molecule has 3 aliphatic carbocycles. The molecule has 2 bridgehead atoms. The second kappa shape index (κ2) is 2.49. The standard InChI is InChI=1S/C14H22O/c1-12(2)6-4-5-10-11(15)13(3)7-8-14(10,12)9-13/h10H,4-9H2,1-3H3. The first-order chi connectivity index (χ1) is 6.91. The Morgan fingerprint density at radius 1 is 1.13 bits per heavy atom. The molecule has 0 aromatic carbocycles. The van der Waals surface area contributed by atoms with Crippen LogP contribution in [0.15, 0.2) is 0 Å². The van der Waals surface area contributed by atoms with Gasteiger partial charge in [-0.15, -0.1) is 0 Å². The highest BCUT2D eigenvalue weighted by Crippen LogP contribution is 2.72. The minimum atomic E-state index is 0.0618. The molecular weight excluding hydrogens is 184 g/mol. The van der Waals surface area contributed by atoms with E-state index in [4.69, 9.17) is 0 Å². The van der Waals surface area contributed by atoms with E-state index in [0.29, 0.717) is 22.5 Å². The Kier molecular flexibility index (Phi) is 1.64. The molecule has 3 atom stereocenters. The van der Waals surface area contributed by atoms with E-state index in [0.717, 1.165) is 6.42 Å². The summed E-state index contributed by atoms with van der Waals surface area (Å²) in [6.45, 7) is 7.03. The van der Waals surface area contributed by atoms with Crippen LogP contribution in [0.3, 0.4) is 0 Å². The fraction of sp³-hybridized carbons (Fsp3) is 0.929. The van der Waals surface area contributed by atoms with Gasteiger partial charge >= 0.3 is 0 Å². The first-order valence-corrected chi connectivity index (χ1v) is 6.46. The lowest BCUT2D eigenvalue weighted by Gasteiger charge is -2.51. The summed E-state index contributed by atoms with van der Waals surface area (Å²) < 4.78 is 0. The molecule has 0 heterocycles. The lowest BCUT2D eigenvalue weighted by Crippen LogP contribution is -2.46. The van der Waals surface area contributed by atoms with Gasteiger partial charge in [0.1, 0.15) is 5.78 Å². The Morgan fingerprint density at radius 2 is 1.87 bits per heavy atom. The molecule has 1 nitrogen and oxygen atoms in total. The van der Waals surface area contributed by atoms with Crippen LogP contribution in [0.5, 0.6) is 0 Å². The Hall–Kier alpha value is -0.330. The minimum Gasteiger partial charge on any atom is -0.299 e. The third-order valence-electron chi connectivity index (χ3n) is 6.05. The molecule has 3 fully saturated rings. The van der Waals surface area contributed by atoms with E-state index in [2.05, 4.69) is 20.8 Å². The Labute approximate surface area is 92.6 Å². The first kappa shape index (κ1) is 9.86. The lowest BCUT2D eigenvalue weighted by atomic mass is 9.53. The molecule has 0 N–H and O–H groups in total. The van der Waals surface area contributed by atoms with Crippen molar-refractivity contribution in [2.24, 2.45) is 22.2 Å². The number of hydrogen-bond acceptors (Lipinski definition) is 1. The van der Waals surface area contributed by atoms with E-state index >= 15 is 0 Å². The van der Waals surface area contributed by atoms with Crippen LogP contribution in [0.4, 0.5) is 0 Å². The van der Waals surface area contributed by atoms with Crippen molar-refractivity contribution in [1.29, 1.82) is 0 Å². The molecule has 0 aliphatic heterocycles. The molecule has 3 saturated carbocycles. The van der Waals surface area contributed by atoms with Crippen molar-refractivity contribution in [1.82, 2.24) is 0 Å². The van der Waals surface area contributed by atoms with Crippen molar-refractivity contribution in [2.75, 3.05) is 0 Å². The van der Waals surface area contributed by atoms with Gasteiger partial charge in [0.05, 0.1) is 0 Å². The van der Waals surface area contributed by atoms with Crippen molar-refractivity contribution >= 4 is 5.78 Å². The molecule has 0 radical (unpaired) electrons. The van der Waals surface area contributed by atoms with Crippen LogP contribution in [-0.2, 0) is 4.79 Å². The minimum absolute atomic E-state index is 0.0618. The summed E-state index contributed by atoms with van der Waals surface area (Å²) in [6.07, 6.45) is 7.43. The summed E-state index contributed by atoms with van der Waals surface area (Å²) in [6, 6.07) is 0. The molecule has 0 amide bonds. The molecule has 84 valence electrons. The average molecular weight is 206 g/mol. The fourth-order valence-electron chi connectivity index (χ4n) is 5.01. The lowest BCUT2D eigenvalue weighted by molar-refractivity contribution is -0.136. The van der Waals surface area contributed by atoms with E-state index in [-0.39, 0.29) is 5.41 Å². The zero-order valence-electron chi connectivity index (χ0n) is 10.2. The molecule has 15 heavy (non-hydrogen) atoms. The maximum Gasteiger partial charge on any atom is 0.142 e. The Morgan fingerprint density at radius 3 is 2.53 bits per heavy atom. The zero-order valence-corrected chi connectivity index (χ0v) is 10.2. The smallest absolute Gasteiger partial charge is 0.142 e. The second-order valence-corrected chi connectivity index (χ2v) is 7.09. The molecule has 0 aromatic rings. The van der Waals surface area contributed by atoms with Gasteiger partial charge in [-0.3, -0.25) is 4.79 Å². The maximum atomic E-state index is 12.4. The van der Waals surface area contributed by atoms with E-state index in [9.17, 15) is 4.79 Å². The molecule has 3 aliphatic rings. The van der Waals surface area contributed by atoms with Crippen molar-refractivity contribution in [3.8, 4) is 0 Å². The number of rotatable bonds is 0. The van der Waals surface area contributed by atoms with Gasteiger partial charge in [0.25, 0.3) is 0 Å². The highest BCUT2D eigenvalue weighted by atomic mass is 16.1. The molecule has 3 unspecified atom stereocenters. The van der Waals surface area contributed by atoms with Gasteiger partial charge in [-0.05, 0) is 42.9 Å². The van der Waals surface area contributed by atoms with Gasteiger partial charge in [-0.1, -0.05) is 27.2 Å². The van der Waals surface area contributed by atoms with Gasteiger partial charge in [0.15, 0.2) is 0 Å². The van der Waals surface area contributed by atoms with E-state index in [1.54, 1.807) is 0 Å². The van der Waals surface area contributed by atoms with Crippen LogP contribution in [0.2, 0.25) is 0 Å². The first-order valence-electron chi connectivity index (χ1n) is 6.46. The monoisotopic (exact) mass is 206 g/mol. The number of ketones is 1. The van der Waals surface area contributed by atoms with E-state index < -0.39 is 0 Å². The molecule has 1 spiro atoms. The summed E-state index contributed by atoms with van der Waals surface area (Å²) in [5.41, 5.74) is 0.850. The summed E-state index contributed by atoms with van der Waals surface area (Å²) in [4.78, 5) is 12.4. The van der Waals surface area contributed by atoms with Crippen LogP contribution in [-0.4, -0.2) is 5.78 Å². The van der Waals surface area contributed by atoms with Gasteiger partial charge < -0.3 is 0 Å². The van der Waals surface area contributed by atoms with Gasteiger partial charge in [0, 0.05) is 11.3 Å². The predicted molar refractivity (Wildman–Crippen MR) is 60.5 cm³/mol. The van der Waals surface area contributed by atoms with Crippen LogP contribution in [0.25, 0.3) is 0 Å². The summed E-state index contributed by atoms with van der Waals surface area (Å²) in [5, 5.41) is 0. The SMILES string of the molecule is CC12CCC3(C1)C(CCCC3(C)C)C2=O. The number of Topliss-reactive ketones (excluding diaryl/α,β-unsaturated/α-hetero) is 1. The van der Waals surface area contributed by atoms with Crippen LogP contribution < -0.4 is 0 Å². The second-order valence-electron chi connectivity index (χ2n) is 7.09. The Bertz CT molecular complexity index is 330. The zero-order chi connectivity index (χ0) is 10.9. The van der Waals surface area contributed by atoms with Gasteiger partial charge in [-0.2, -0.15) is 0 Å². The summed E-state index contributed by atoms with van der Waals surface area (Å²) in [5.74, 6) is 1.03.